The van der Waals surface area contributed by atoms with Gasteiger partial charge in [0.15, 0.2) is 0 Å². The van der Waals surface area contributed by atoms with Gasteiger partial charge in [-0.05, 0) is 126 Å². The van der Waals surface area contributed by atoms with Gasteiger partial charge in [-0.25, -0.2) is 4.39 Å². The summed E-state index contributed by atoms with van der Waals surface area (Å²) in [6.07, 6.45) is 16.9. The molecule has 1 fully saturated rings. The molecule has 0 unspecified atom stereocenters. The second kappa shape index (κ2) is 15.8. The van der Waals surface area contributed by atoms with Gasteiger partial charge in [-0.1, -0.05) is 37.5 Å². The molecule has 5 rings (SSSR count). The van der Waals surface area contributed by atoms with Crippen molar-refractivity contribution in [1.82, 2.24) is 30.0 Å². The number of likely N-dealkylation sites (N-methyl/N-ethyl adjacent to an activating group) is 1. The highest BCUT2D eigenvalue weighted by Crippen LogP contribution is 2.31. The molecule has 0 spiro atoms. The molecule has 1 aliphatic rings. The summed E-state index contributed by atoms with van der Waals surface area (Å²) in [6.45, 7) is 17.7. The molecule has 0 atom stereocenters. The Bertz CT molecular complexity index is 1900. The van der Waals surface area contributed by atoms with Gasteiger partial charge in [-0.15, -0.1) is 0 Å². The van der Waals surface area contributed by atoms with Crippen LogP contribution in [0, 0.1) is 5.82 Å². The molecule has 7 nitrogen and oxygen atoms in total. The smallest absolute Gasteiger partial charge is 0.125 e. The van der Waals surface area contributed by atoms with E-state index < -0.39 is 0 Å². The van der Waals surface area contributed by atoms with Crippen LogP contribution in [0.1, 0.15) is 39.5 Å². The minimum absolute atomic E-state index is 0.310. The highest BCUT2D eigenvalue weighted by atomic mass is 19.1. The van der Waals surface area contributed by atoms with E-state index >= 15 is 0 Å². The molecule has 4 aromatic rings. The zero-order chi connectivity index (χ0) is 33.3. The van der Waals surface area contributed by atoms with E-state index in [0.717, 1.165) is 75.6 Å². The Morgan fingerprint density at radius 3 is 2.66 bits per heavy atom. The molecular weight excluding hydrogens is 585 g/mol. The lowest BCUT2D eigenvalue weighted by atomic mass is 10.00. The quantitative estimate of drug-likeness (QED) is 0.133. The molecule has 246 valence electrons. The van der Waals surface area contributed by atoms with Crippen molar-refractivity contribution in [2.75, 3.05) is 52.1 Å². The van der Waals surface area contributed by atoms with Gasteiger partial charge in [0, 0.05) is 46.7 Å². The SMILES string of the molecule is C=C/C(=C\C(=C/C)C(=C)/C=c1/c(-c2cc3c(-c4cc(F)cc(NCCN(C)C)c4)nccc3[nH]2)n[nH]/c1=C/C)CCCN1CCCC1. The Morgan fingerprint density at radius 1 is 1.13 bits per heavy atom. The number of rotatable bonds is 14. The number of likely N-dealkylation sites (tertiary alicyclic amines) is 1. The van der Waals surface area contributed by atoms with Crippen LogP contribution >= 0.6 is 0 Å². The predicted molar refractivity (Wildman–Crippen MR) is 196 cm³/mol. The number of pyridine rings is 1. The Kier molecular flexibility index (Phi) is 11.4. The van der Waals surface area contributed by atoms with Crippen molar-refractivity contribution < 1.29 is 4.39 Å². The zero-order valence-corrected chi connectivity index (χ0v) is 28.3. The number of nitrogens with zero attached hydrogens (tertiary/aromatic N) is 4. The van der Waals surface area contributed by atoms with Crippen LogP contribution in [0.2, 0.25) is 0 Å². The first-order chi connectivity index (χ1) is 22.8. The molecule has 1 aliphatic heterocycles. The van der Waals surface area contributed by atoms with Crippen molar-refractivity contribution in [3.8, 4) is 22.6 Å². The van der Waals surface area contributed by atoms with Crippen LogP contribution in [0.5, 0.6) is 0 Å². The predicted octanol–water partition coefficient (Wildman–Crippen LogP) is 6.80. The van der Waals surface area contributed by atoms with E-state index in [4.69, 9.17) is 5.10 Å². The van der Waals surface area contributed by atoms with Crippen LogP contribution < -0.4 is 15.9 Å². The molecule has 4 heterocycles. The first-order valence-corrected chi connectivity index (χ1v) is 16.6. The summed E-state index contributed by atoms with van der Waals surface area (Å²) in [5.74, 6) is -0.310. The zero-order valence-electron chi connectivity index (χ0n) is 28.3. The van der Waals surface area contributed by atoms with Crippen LogP contribution in [-0.4, -0.2) is 76.8 Å². The normalized spacial score (nSPS) is 15.4. The van der Waals surface area contributed by atoms with E-state index in [9.17, 15) is 4.39 Å². The van der Waals surface area contributed by atoms with E-state index in [1.54, 1.807) is 6.20 Å². The molecule has 0 saturated carbocycles. The second-order valence-corrected chi connectivity index (χ2v) is 12.4. The summed E-state index contributed by atoms with van der Waals surface area (Å²) in [5, 5.41) is 14.0. The lowest BCUT2D eigenvalue weighted by Crippen LogP contribution is -2.23. The number of benzene rings is 1. The van der Waals surface area contributed by atoms with E-state index in [-0.39, 0.29) is 5.82 Å². The van der Waals surface area contributed by atoms with E-state index in [1.165, 1.54) is 43.6 Å². The Morgan fingerprint density at radius 2 is 1.94 bits per heavy atom. The number of nitrogens with one attached hydrogen (secondary N) is 3. The summed E-state index contributed by atoms with van der Waals surface area (Å²) < 4.78 is 14.8. The van der Waals surface area contributed by atoms with Gasteiger partial charge in [-0.2, -0.15) is 5.10 Å². The molecule has 3 aromatic heterocycles. The fraction of sp³-hybridized carbons (Fsp3) is 0.333. The minimum atomic E-state index is -0.310. The Balaban J connectivity index is 1.45. The van der Waals surface area contributed by atoms with Crippen molar-refractivity contribution in [2.45, 2.75) is 39.5 Å². The number of halogens is 1. The van der Waals surface area contributed by atoms with Gasteiger partial charge in [0.05, 0.1) is 16.7 Å². The fourth-order valence-electron chi connectivity index (χ4n) is 6.16. The summed E-state index contributed by atoms with van der Waals surface area (Å²) in [6, 6.07) is 8.98. The van der Waals surface area contributed by atoms with Gasteiger partial charge >= 0.3 is 0 Å². The maximum atomic E-state index is 14.8. The van der Waals surface area contributed by atoms with E-state index in [1.807, 2.05) is 58.3 Å². The first kappa shape index (κ1) is 33.8. The number of aromatic amines is 2. The van der Waals surface area contributed by atoms with E-state index in [0.29, 0.717) is 17.8 Å². The molecule has 1 saturated heterocycles. The third-order valence-electron chi connectivity index (χ3n) is 8.73. The summed E-state index contributed by atoms with van der Waals surface area (Å²) in [5.41, 5.74) is 7.81. The summed E-state index contributed by atoms with van der Waals surface area (Å²) in [7, 11) is 4.03. The molecule has 0 amide bonds. The van der Waals surface area contributed by atoms with Crippen LogP contribution in [0.15, 0.2) is 84.6 Å². The lowest BCUT2D eigenvalue weighted by molar-refractivity contribution is 0.334. The van der Waals surface area contributed by atoms with Crippen molar-refractivity contribution in [1.29, 1.82) is 0 Å². The maximum absolute atomic E-state index is 14.8. The number of allylic oxidation sites excluding steroid dienone is 6. The molecule has 8 heteroatoms. The van der Waals surface area contributed by atoms with Crippen molar-refractivity contribution in [3.63, 3.8) is 0 Å². The average Bonchev–Trinajstić information content (AvgIpc) is 3.82. The highest BCUT2D eigenvalue weighted by Gasteiger charge is 2.15. The first-order valence-electron chi connectivity index (χ1n) is 16.6. The number of fused-ring (bicyclic) bond motifs is 1. The number of hydrogen-bond acceptors (Lipinski definition) is 5. The molecule has 3 N–H and O–H groups in total. The maximum Gasteiger partial charge on any atom is 0.125 e. The van der Waals surface area contributed by atoms with Gasteiger partial charge in [0.1, 0.15) is 11.5 Å². The van der Waals surface area contributed by atoms with Crippen LogP contribution in [-0.2, 0) is 0 Å². The lowest BCUT2D eigenvalue weighted by Gasteiger charge is -2.14. The molecule has 0 aliphatic carbocycles. The minimum Gasteiger partial charge on any atom is -0.384 e. The number of hydrogen-bond donors (Lipinski definition) is 3. The molecule has 0 bridgehead atoms. The second-order valence-electron chi connectivity index (χ2n) is 12.4. The number of anilines is 1. The highest BCUT2D eigenvalue weighted by molar-refractivity contribution is 5.96. The molecule has 0 radical (unpaired) electrons. The van der Waals surface area contributed by atoms with Gasteiger partial charge in [0.2, 0.25) is 0 Å². The molecule has 47 heavy (non-hydrogen) atoms. The van der Waals surface area contributed by atoms with Crippen molar-refractivity contribution in [2.24, 2.45) is 0 Å². The molecule has 1 aromatic carbocycles. The van der Waals surface area contributed by atoms with Crippen LogP contribution in [0.3, 0.4) is 0 Å². The van der Waals surface area contributed by atoms with Gasteiger partial charge in [-0.3, -0.25) is 10.1 Å². The van der Waals surface area contributed by atoms with Gasteiger partial charge < -0.3 is 20.1 Å². The summed E-state index contributed by atoms with van der Waals surface area (Å²) in [4.78, 5) is 12.8. The van der Waals surface area contributed by atoms with Gasteiger partial charge in [0.25, 0.3) is 0 Å². The van der Waals surface area contributed by atoms with Crippen molar-refractivity contribution in [3.05, 3.63) is 101 Å². The van der Waals surface area contributed by atoms with Crippen LogP contribution in [0.4, 0.5) is 10.1 Å². The standard InChI is InChI=1S/C39H48FN7/c1-7-28(13-12-19-47-17-10-11-18-47)22-29(8-2)27(4)21-33-35(9-3)44-45-39(33)37-26-34-36(43-37)14-15-42-38(34)30-23-31(40)25-32(24-30)41-16-20-46(5)6/h7-9,14-15,21-26,41,43-44H,1,4,10-13,16-20H2,2-3,5-6H3/b28-22+,29-8+,33-21+,35-9+. The van der Waals surface area contributed by atoms with Crippen molar-refractivity contribution >= 4 is 28.7 Å². The Hall–Kier alpha value is -4.53. The monoisotopic (exact) mass is 633 g/mol. The topological polar surface area (TPSA) is 75.9 Å². The number of H-pyrrole nitrogens is 2. The Labute approximate surface area is 278 Å². The third-order valence-corrected chi connectivity index (χ3v) is 8.73. The summed E-state index contributed by atoms with van der Waals surface area (Å²) >= 11 is 0. The largest absolute Gasteiger partial charge is 0.384 e. The fourth-order valence-corrected chi connectivity index (χ4v) is 6.16. The van der Waals surface area contributed by atoms with Crippen LogP contribution in [0.25, 0.3) is 45.7 Å². The number of aromatic nitrogens is 4. The average molecular weight is 634 g/mol. The van der Waals surface area contributed by atoms with E-state index in [2.05, 4.69) is 61.6 Å². The molecular formula is C39H48FN7. The third kappa shape index (κ3) is 8.44.